The highest BCUT2D eigenvalue weighted by Crippen LogP contribution is 2.28. The predicted molar refractivity (Wildman–Crippen MR) is 82.6 cm³/mol. The lowest BCUT2D eigenvalue weighted by molar-refractivity contribution is 0.0278. The quantitative estimate of drug-likeness (QED) is 0.905. The third-order valence-electron chi connectivity index (χ3n) is 4.55. The molecule has 1 N–H and O–H groups in total. The van der Waals surface area contributed by atoms with Crippen LogP contribution in [0.1, 0.15) is 39.2 Å². The molecule has 1 fully saturated rings. The van der Waals surface area contributed by atoms with Crippen molar-refractivity contribution in [2.75, 3.05) is 13.1 Å². The monoisotopic (exact) mass is 280 g/mol. The molecule has 0 bridgehead atoms. The van der Waals surface area contributed by atoms with Crippen LogP contribution in [0.25, 0.3) is 0 Å². The highest BCUT2D eigenvalue weighted by Gasteiger charge is 2.37. The summed E-state index contributed by atoms with van der Waals surface area (Å²) in [6, 6.07) is 8.83. The number of hydrogen-bond acceptors (Lipinski definition) is 2. The molecule has 19 heavy (non-hydrogen) atoms. The summed E-state index contributed by atoms with van der Waals surface area (Å²) in [6.45, 7) is 10.1. The van der Waals surface area contributed by atoms with E-state index in [4.69, 9.17) is 11.6 Å². The molecule has 0 radical (unpaired) electrons. The smallest absolute Gasteiger partial charge is 0.0406 e. The Balaban J connectivity index is 2.16. The fourth-order valence-electron chi connectivity index (χ4n) is 3.05. The zero-order valence-corrected chi connectivity index (χ0v) is 13.0. The first-order chi connectivity index (χ1) is 9.09. The summed E-state index contributed by atoms with van der Waals surface area (Å²) < 4.78 is 0. The van der Waals surface area contributed by atoms with Crippen molar-refractivity contribution < 1.29 is 0 Å². The third-order valence-corrected chi connectivity index (χ3v) is 4.80. The number of hydrogen-bond donors (Lipinski definition) is 1. The van der Waals surface area contributed by atoms with Crippen LogP contribution in [0.4, 0.5) is 0 Å². The molecule has 1 unspecified atom stereocenters. The average molecular weight is 281 g/mol. The summed E-state index contributed by atoms with van der Waals surface area (Å²) in [5, 5.41) is 4.45. The fraction of sp³-hybridized carbons (Fsp3) is 0.625. The van der Waals surface area contributed by atoms with Crippen molar-refractivity contribution in [1.29, 1.82) is 0 Å². The van der Waals surface area contributed by atoms with E-state index >= 15 is 0 Å². The Kier molecular flexibility index (Phi) is 4.88. The van der Waals surface area contributed by atoms with Crippen molar-refractivity contribution in [2.24, 2.45) is 0 Å². The number of rotatable bonds is 4. The van der Waals surface area contributed by atoms with Gasteiger partial charge in [0.1, 0.15) is 0 Å². The minimum absolute atomic E-state index is 0.298. The molecular weight excluding hydrogens is 256 g/mol. The van der Waals surface area contributed by atoms with E-state index in [9.17, 15) is 0 Å². The van der Waals surface area contributed by atoms with Crippen molar-refractivity contribution >= 4 is 11.6 Å². The molecule has 3 heteroatoms. The van der Waals surface area contributed by atoms with Gasteiger partial charge < -0.3 is 5.32 Å². The predicted octanol–water partition coefficient (Wildman–Crippen LogP) is 3.69. The van der Waals surface area contributed by atoms with Gasteiger partial charge in [0, 0.05) is 36.2 Å². The molecule has 1 aliphatic heterocycles. The maximum atomic E-state index is 5.96. The van der Waals surface area contributed by atoms with E-state index in [1.807, 2.05) is 12.1 Å². The van der Waals surface area contributed by atoms with Gasteiger partial charge in [-0.05, 0) is 37.5 Å². The molecule has 0 saturated carbocycles. The van der Waals surface area contributed by atoms with Crippen LogP contribution in [0.3, 0.4) is 0 Å². The number of benzene rings is 1. The Morgan fingerprint density at radius 3 is 2.47 bits per heavy atom. The van der Waals surface area contributed by atoms with Gasteiger partial charge >= 0.3 is 0 Å². The van der Waals surface area contributed by atoms with E-state index in [1.54, 1.807) is 0 Å². The first kappa shape index (κ1) is 14.8. The van der Waals surface area contributed by atoms with Crippen LogP contribution in [0, 0.1) is 0 Å². The van der Waals surface area contributed by atoms with Crippen molar-refractivity contribution in [3.8, 4) is 0 Å². The minimum atomic E-state index is 0.298. The SMILES string of the molecule is CCC1(CC)CNC(C)CN1Cc1ccc(Cl)cc1. The molecule has 1 saturated heterocycles. The fourth-order valence-corrected chi connectivity index (χ4v) is 3.18. The van der Waals surface area contributed by atoms with E-state index in [-0.39, 0.29) is 0 Å². The van der Waals surface area contributed by atoms with Gasteiger partial charge in [0.15, 0.2) is 0 Å². The lowest BCUT2D eigenvalue weighted by Crippen LogP contribution is -2.63. The number of halogens is 1. The Morgan fingerprint density at radius 2 is 1.89 bits per heavy atom. The van der Waals surface area contributed by atoms with Crippen LogP contribution in [-0.2, 0) is 6.54 Å². The molecule has 1 aromatic carbocycles. The average Bonchev–Trinajstić information content (AvgIpc) is 2.42. The second-order valence-electron chi connectivity index (χ2n) is 5.72. The van der Waals surface area contributed by atoms with E-state index < -0.39 is 0 Å². The Morgan fingerprint density at radius 1 is 1.26 bits per heavy atom. The second-order valence-corrected chi connectivity index (χ2v) is 6.16. The van der Waals surface area contributed by atoms with E-state index in [0.29, 0.717) is 11.6 Å². The maximum Gasteiger partial charge on any atom is 0.0406 e. The molecule has 1 aliphatic rings. The van der Waals surface area contributed by atoms with Crippen LogP contribution in [0.2, 0.25) is 5.02 Å². The summed E-state index contributed by atoms with van der Waals surface area (Å²) in [5.74, 6) is 0. The molecule has 106 valence electrons. The Labute approximate surface area is 122 Å². The zero-order chi connectivity index (χ0) is 13.9. The molecule has 0 aromatic heterocycles. The van der Waals surface area contributed by atoms with Crippen molar-refractivity contribution in [2.45, 2.75) is 51.7 Å². The molecule has 0 amide bonds. The van der Waals surface area contributed by atoms with Gasteiger partial charge in [0.2, 0.25) is 0 Å². The molecule has 0 aliphatic carbocycles. The highest BCUT2D eigenvalue weighted by atomic mass is 35.5. The van der Waals surface area contributed by atoms with E-state index in [2.05, 4.69) is 43.1 Å². The topological polar surface area (TPSA) is 15.3 Å². The van der Waals surface area contributed by atoms with Crippen LogP contribution in [0.5, 0.6) is 0 Å². The molecule has 1 atom stereocenters. The second kappa shape index (κ2) is 6.25. The zero-order valence-electron chi connectivity index (χ0n) is 12.2. The Hall–Kier alpha value is -0.570. The van der Waals surface area contributed by atoms with Crippen LogP contribution < -0.4 is 5.32 Å². The van der Waals surface area contributed by atoms with Crippen molar-refractivity contribution in [3.63, 3.8) is 0 Å². The number of nitrogens with zero attached hydrogens (tertiary/aromatic N) is 1. The minimum Gasteiger partial charge on any atom is -0.311 e. The lowest BCUT2D eigenvalue weighted by Gasteiger charge is -2.49. The normalized spacial score (nSPS) is 23.5. The lowest BCUT2D eigenvalue weighted by atomic mass is 9.87. The third kappa shape index (κ3) is 3.31. The Bertz CT molecular complexity index is 398. The summed E-state index contributed by atoms with van der Waals surface area (Å²) in [7, 11) is 0. The summed E-state index contributed by atoms with van der Waals surface area (Å²) >= 11 is 5.96. The van der Waals surface area contributed by atoms with Crippen LogP contribution >= 0.6 is 11.6 Å². The van der Waals surface area contributed by atoms with Gasteiger partial charge in [-0.1, -0.05) is 37.6 Å². The van der Waals surface area contributed by atoms with Gasteiger partial charge in [-0.25, -0.2) is 0 Å². The summed E-state index contributed by atoms with van der Waals surface area (Å²) in [5.41, 5.74) is 1.65. The van der Waals surface area contributed by atoms with Gasteiger partial charge in [-0.15, -0.1) is 0 Å². The standard InChI is InChI=1S/C16H25ClN2/c1-4-16(5-2)12-18-13(3)10-19(16)11-14-6-8-15(17)9-7-14/h6-9,13,18H,4-5,10-12H2,1-3H3. The summed E-state index contributed by atoms with van der Waals surface area (Å²) in [4.78, 5) is 2.65. The molecule has 1 heterocycles. The molecule has 0 spiro atoms. The van der Waals surface area contributed by atoms with Gasteiger partial charge in [0.05, 0.1) is 0 Å². The van der Waals surface area contributed by atoms with Gasteiger partial charge in [-0.2, -0.15) is 0 Å². The van der Waals surface area contributed by atoms with Crippen molar-refractivity contribution in [1.82, 2.24) is 10.2 Å². The molecule has 2 rings (SSSR count). The molecule has 2 nitrogen and oxygen atoms in total. The van der Waals surface area contributed by atoms with E-state index in [1.165, 1.54) is 18.4 Å². The number of piperazine rings is 1. The first-order valence-corrected chi connectivity index (χ1v) is 7.70. The molecular formula is C16H25ClN2. The largest absolute Gasteiger partial charge is 0.311 e. The number of nitrogens with one attached hydrogen (secondary N) is 1. The van der Waals surface area contributed by atoms with Crippen molar-refractivity contribution in [3.05, 3.63) is 34.9 Å². The molecule has 1 aromatic rings. The van der Waals surface area contributed by atoms with Gasteiger partial charge in [0.25, 0.3) is 0 Å². The van der Waals surface area contributed by atoms with E-state index in [0.717, 1.165) is 24.7 Å². The first-order valence-electron chi connectivity index (χ1n) is 7.32. The van der Waals surface area contributed by atoms with Gasteiger partial charge in [-0.3, -0.25) is 4.90 Å². The summed E-state index contributed by atoms with van der Waals surface area (Å²) in [6.07, 6.45) is 2.38. The highest BCUT2D eigenvalue weighted by molar-refractivity contribution is 6.30. The maximum absolute atomic E-state index is 5.96. The van der Waals surface area contributed by atoms with Crippen LogP contribution in [0.15, 0.2) is 24.3 Å². The van der Waals surface area contributed by atoms with Crippen LogP contribution in [-0.4, -0.2) is 29.6 Å².